The van der Waals surface area contributed by atoms with E-state index in [2.05, 4.69) is 11.9 Å². The average Bonchev–Trinajstić information content (AvgIpc) is 2.03. The second-order valence-corrected chi connectivity index (χ2v) is 2.67. The van der Waals surface area contributed by atoms with Crippen LogP contribution in [0, 0.1) is 0 Å². The molecule has 0 aliphatic heterocycles. The van der Waals surface area contributed by atoms with Crippen molar-refractivity contribution in [2.24, 2.45) is 0 Å². The molecule has 0 aromatic carbocycles. The molecule has 0 radical (unpaired) electrons. The third kappa shape index (κ3) is 6.07. The minimum atomic E-state index is 0.0828. The third-order valence-corrected chi connectivity index (χ3v) is 1.45. The highest BCUT2D eigenvalue weighted by Crippen LogP contribution is 1.94. The van der Waals surface area contributed by atoms with Gasteiger partial charge in [-0.3, -0.25) is 4.79 Å². The van der Waals surface area contributed by atoms with Gasteiger partial charge in [-0.25, -0.2) is 0 Å². The number of carbonyl (C=O) groups is 1. The van der Waals surface area contributed by atoms with Gasteiger partial charge in [0, 0.05) is 13.0 Å². The van der Waals surface area contributed by atoms with E-state index in [1.165, 1.54) is 0 Å². The summed E-state index contributed by atoms with van der Waals surface area (Å²) < 4.78 is 5.17. The Morgan fingerprint density at radius 1 is 1.50 bits per heavy atom. The number of allylic oxidation sites excluding steroid dienone is 1. The average molecular weight is 171 g/mol. The molecule has 0 rings (SSSR count). The summed E-state index contributed by atoms with van der Waals surface area (Å²) in [7, 11) is 1.86. The predicted molar refractivity (Wildman–Crippen MR) is 49.2 cm³/mol. The lowest BCUT2D eigenvalue weighted by Crippen LogP contribution is -2.15. The smallest absolute Gasteiger partial charge is 0.160 e. The summed E-state index contributed by atoms with van der Waals surface area (Å²) >= 11 is 0. The molecule has 0 atom stereocenters. The Hall–Kier alpha value is -0.670. The van der Waals surface area contributed by atoms with E-state index in [4.69, 9.17) is 4.74 Å². The molecule has 3 nitrogen and oxygen atoms in total. The van der Waals surface area contributed by atoms with E-state index in [0.29, 0.717) is 25.2 Å². The summed E-state index contributed by atoms with van der Waals surface area (Å²) in [5.41, 5.74) is 0.604. The van der Waals surface area contributed by atoms with Crippen molar-refractivity contribution in [3.05, 3.63) is 12.2 Å². The summed E-state index contributed by atoms with van der Waals surface area (Å²) in [6.45, 7) is 7.24. The zero-order valence-corrected chi connectivity index (χ0v) is 7.85. The highest BCUT2D eigenvalue weighted by molar-refractivity contribution is 5.94. The van der Waals surface area contributed by atoms with E-state index in [-0.39, 0.29) is 5.78 Å². The van der Waals surface area contributed by atoms with Gasteiger partial charge in [-0.05, 0) is 19.5 Å². The van der Waals surface area contributed by atoms with Crippen LogP contribution in [0.5, 0.6) is 0 Å². The van der Waals surface area contributed by atoms with Gasteiger partial charge < -0.3 is 10.1 Å². The molecule has 0 aromatic heterocycles. The molecule has 0 bridgehead atoms. The number of hydrogen-bond acceptors (Lipinski definition) is 3. The molecule has 70 valence electrons. The van der Waals surface area contributed by atoms with Crippen molar-refractivity contribution in [2.75, 3.05) is 26.8 Å². The molecule has 0 aliphatic carbocycles. The first-order valence-corrected chi connectivity index (χ1v) is 4.09. The lowest BCUT2D eigenvalue weighted by Gasteiger charge is -2.02. The molecule has 3 heteroatoms. The van der Waals surface area contributed by atoms with E-state index in [1.807, 2.05) is 7.05 Å². The maximum atomic E-state index is 11.0. The number of ketones is 1. The number of likely N-dealkylation sites (N-methyl/N-ethyl adjacent to an activating group) is 1. The Balaban J connectivity index is 3.20. The molecular weight excluding hydrogens is 154 g/mol. The van der Waals surface area contributed by atoms with Gasteiger partial charge in [-0.2, -0.15) is 0 Å². The van der Waals surface area contributed by atoms with Crippen LogP contribution < -0.4 is 5.32 Å². The Labute approximate surface area is 73.8 Å². The fourth-order valence-electron chi connectivity index (χ4n) is 0.655. The lowest BCUT2D eigenvalue weighted by molar-refractivity contribution is -0.116. The van der Waals surface area contributed by atoms with Gasteiger partial charge in [0.05, 0.1) is 13.2 Å². The van der Waals surface area contributed by atoms with Crippen LogP contribution in [-0.2, 0) is 9.53 Å². The Morgan fingerprint density at radius 2 is 2.17 bits per heavy atom. The molecule has 0 saturated carbocycles. The number of hydrogen-bond donors (Lipinski definition) is 1. The zero-order chi connectivity index (χ0) is 9.40. The van der Waals surface area contributed by atoms with E-state index in [0.717, 1.165) is 6.54 Å². The van der Waals surface area contributed by atoms with Gasteiger partial charge >= 0.3 is 0 Å². The van der Waals surface area contributed by atoms with E-state index < -0.39 is 0 Å². The van der Waals surface area contributed by atoms with Gasteiger partial charge in [0.15, 0.2) is 5.78 Å². The number of rotatable bonds is 7. The fourth-order valence-corrected chi connectivity index (χ4v) is 0.655. The Morgan fingerprint density at radius 3 is 2.67 bits per heavy atom. The number of nitrogens with one attached hydrogen (secondary N) is 1. The first kappa shape index (κ1) is 11.3. The zero-order valence-electron chi connectivity index (χ0n) is 7.85. The molecule has 0 heterocycles. The minimum absolute atomic E-state index is 0.0828. The molecule has 0 unspecified atom stereocenters. The van der Waals surface area contributed by atoms with Gasteiger partial charge in [-0.1, -0.05) is 6.58 Å². The molecule has 0 aromatic rings. The molecular formula is C9H17NO2. The number of Topliss-reactive ketones (excluding diaryl/α,β-unsaturated/α-hetero) is 1. The van der Waals surface area contributed by atoms with Crippen molar-refractivity contribution < 1.29 is 9.53 Å². The van der Waals surface area contributed by atoms with Crippen molar-refractivity contribution in [1.82, 2.24) is 5.32 Å². The van der Waals surface area contributed by atoms with E-state index >= 15 is 0 Å². The minimum Gasteiger partial charge on any atom is -0.380 e. The monoisotopic (exact) mass is 171 g/mol. The molecule has 0 aliphatic rings. The molecule has 0 amide bonds. The van der Waals surface area contributed by atoms with Crippen molar-refractivity contribution >= 4 is 5.78 Å². The highest BCUT2D eigenvalue weighted by Gasteiger charge is 2.00. The normalized spacial score (nSPS) is 9.83. The third-order valence-electron chi connectivity index (χ3n) is 1.45. The van der Waals surface area contributed by atoms with Crippen LogP contribution in [-0.4, -0.2) is 32.6 Å². The molecule has 12 heavy (non-hydrogen) atoms. The molecule has 0 spiro atoms. The first-order chi connectivity index (χ1) is 5.68. The molecule has 0 saturated heterocycles. The van der Waals surface area contributed by atoms with Crippen LogP contribution in [0.4, 0.5) is 0 Å². The first-order valence-electron chi connectivity index (χ1n) is 4.09. The largest absolute Gasteiger partial charge is 0.380 e. The highest BCUT2D eigenvalue weighted by atomic mass is 16.5. The summed E-state index contributed by atoms with van der Waals surface area (Å²) in [6, 6.07) is 0. The summed E-state index contributed by atoms with van der Waals surface area (Å²) in [6.07, 6.45) is 0.443. The van der Waals surface area contributed by atoms with Crippen LogP contribution in [0.1, 0.15) is 13.3 Å². The SMILES string of the molecule is C=C(C)C(=O)CCOCCNC. The lowest BCUT2D eigenvalue weighted by atomic mass is 10.2. The van der Waals surface area contributed by atoms with Crippen molar-refractivity contribution in [3.8, 4) is 0 Å². The van der Waals surface area contributed by atoms with Crippen LogP contribution in [0.15, 0.2) is 12.2 Å². The van der Waals surface area contributed by atoms with Gasteiger partial charge in [0.25, 0.3) is 0 Å². The summed E-state index contributed by atoms with van der Waals surface area (Å²) in [5.74, 6) is 0.0828. The van der Waals surface area contributed by atoms with Gasteiger partial charge in [0.2, 0.25) is 0 Å². The van der Waals surface area contributed by atoms with Crippen LogP contribution in [0.25, 0.3) is 0 Å². The van der Waals surface area contributed by atoms with Gasteiger partial charge in [-0.15, -0.1) is 0 Å². The van der Waals surface area contributed by atoms with Crippen LogP contribution in [0.3, 0.4) is 0 Å². The molecule has 0 fully saturated rings. The quantitative estimate of drug-likeness (QED) is 0.454. The second kappa shape index (κ2) is 7.00. The molecule has 1 N–H and O–H groups in total. The van der Waals surface area contributed by atoms with Crippen molar-refractivity contribution in [2.45, 2.75) is 13.3 Å². The fraction of sp³-hybridized carbons (Fsp3) is 0.667. The standard InChI is InChI=1S/C9H17NO2/c1-8(2)9(11)4-6-12-7-5-10-3/h10H,1,4-7H2,2-3H3. The van der Waals surface area contributed by atoms with E-state index in [1.54, 1.807) is 6.92 Å². The van der Waals surface area contributed by atoms with E-state index in [9.17, 15) is 4.79 Å². The Kier molecular flexibility index (Phi) is 6.61. The maximum absolute atomic E-state index is 11.0. The van der Waals surface area contributed by atoms with Gasteiger partial charge in [0.1, 0.15) is 0 Å². The number of carbonyl (C=O) groups excluding carboxylic acids is 1. The van der Waals surface area contributed by atoms with Crippen molar-refractivity contribution in [1.29, 1.82) is 0 Å². The summed E-state index contributed by atoms with van der Waals surface area (Å²) in [4.78, 5) is 11.0. The summed E-state index contributed by atoms with van der Waals surface area (Å²) in [5, 5.41) is 2.95. The maximum Gasteiger partial charge on any atom is 0.160 e. The van der Waals surface area contributed by atoms with Crippen LogP contribution in [0.2, 0.25) is 0 Å². The number of ether oxygens (including phenoxy) is 1. The van der Waals surface area contributed by atoms with Crippen molar-refractivity contribution in [3.63, 3.8) is 0 Å². The predicted octanol–water partition coefficient (Wildman–Crippen LogP) is 0.758. The van der Waals surface area contributed by atoms with Crippen LogP contribution >= 0.6 is 0 Å². The second-order valence-electron chi connectivity index (χ2n) is 2.67. The topological polar surface area (TPSA) is 38.3 Å². The Bertz CT molecular complexity index is 155.